The second kappa shape index (κ2) is 5.27. The van der Waals surface area contributed by atoms with Crippen molar-refractivity contribution in [2.24, 2.45) is 0 Å². The quantitative estimate of drug-likeness (QED) is 0.920. The van der Waals surface area contributed by atoms with E-state index in [0.717, 1.165) is 11.3 Å². The highest BCUT2D eigenvalue weighted by molar-refractivity contribution is 6.10. The Labute approximate surface area is 120 Å². The van der Waals surface area contributed by atoms with Crippen LogP contribution in [0.25, 0.3) is 0 Å². The van der Waals surface area contributed by atoms with E-state index < -0.39 is 11.6 Å². The highest BCUT2D eigenvalue weighted by Crippen LogP contribution is 2.30. The van der Waals surface area contributed by atoms with Crippen LogP contribution in [-0.4, -0.2) is 23.4 Å². The second-order valence-corrected chi connectivity index (χ2v) is 5.56. The number of amides is 2. The van der Waals surface area contributed by atoms with Gasteiger partial charge in [0.2, 0.25) is 5.91 Å². The summed E-state index contributed by atoms with van der Waals surface area (Å²) in [4.78, 5) is 26.9. The molecule has 0 bridgehead atoms. The van der Waals surface area contributed by atoms with Gasteiger partial charge in [0.15, 0.2) is 0 Å². The van der Waals surface area contributed by atoms with Crippen LogP contribution in [0.15, 0.2) is 24.3 Å². The van der Waals surface area contributed by atoms with Crippen molar-refractivity contribution in [3.8, 4) is 0 Å². The number of rotatable bonds is 3. The molecular weight excluding hydrogens is 252 g/mol. The van der Waals surface area contributed by atoms with Crippen LogP contribution in [0.1, 0.15) is 39.2 Å². The summed E-state index contributed by atoms with van der Waals surface area (Å²) < 4.78 is 0. The van der Waals surface area contributed by atoms with E-state index in [-0.39, 0.29) is 11.8 Å². The maximum atomic E-state index is 12.9. The van der Waals surface area contributed by atoms with Crippen LogP contribution in [0.2, 0.25) is 0 Å². The van der Waals surface area contributed by atoms with Crippen molar-refractivity contribution in [2.45, 2.75) is 52.1 Å². The van der Waals surface area contributed by atoms with Gasteiger partial charge in [0.25, 0.3) is 5.91 Å². The Balaban J connectivity index is 2.53. The van der Waals surface area contributed by atoms with Gasteiger partial charge in [-0.05, 0) is 38.3 Å². The molecule has 1 N–H and O–H groups in total. The minimum Gasteiger partial charge on any atom is -0.340 e. The number of nitrogens with zero attached hydrogens (tertiary/aromatic N) is 1. The summed E-state index contributed by atoms with van der Waals surface area (Å²) in [5, 5.41) is 2.88. The summed E-state index contributed by atoms with van der Waals surface area (Å²) in [5.74, 6) is -0.0968. The van der Waals surface area contributed by atoms with Crippen molar-refractivity contribution >= 4 is 17.5 Å². The lowest BCUT2D eigenvalue weighted by molar-refractivity contribution is -0.138. The molecule has 2 amide bonds. The maximum absolute atomic E-state index is 12.9. The topological polar surface area (TPSA) is 49.4 Å². The fourth-order valence-corrected chi connectivity index (χ4v) is 2.65. The van der Waals surface area contributed by atoms with Gasteiger partial charge < -0.3 is 5.32 Å². The first kappa shape index (κ1) is 14.6. The molecule has 4 heteroatoms. The minimum atomic E-state index is -0.814. The van der Waals surface area contributed by atoms with Crippen LogP contribution < -0.4 is 10.2 Å². The number of piperazine rings is 1. The fraction of sp³-hybridized carbons (Fsp3) is 0.500. The first-order chi connectivity index (χ1) is 9.44. The molecule has 2 unspecified atom stereocenters. The summed E-state index contributed by atoms with van der Waals surface area (Å²) >= 11 is 0. The smallest absolute Gasteiger partial charge is 0.253 e. The van der Waals surface area contributed by atoms with Crippen LogP contribution in [0.4, 0.5) is 5.69 Å². The molecule has 4 nitrogen and oxygen atoms in total. The number of hydrogen-bond acceptors (Lipinski definition) is 2. The lowest BCUT2D eigenvalue weighted by atomic mass is 9.90. The molecule has 2 atom stereocenters. The fourth-order valence-electron chi connectivity index (χ4n) is 2.65. The molecule has 1 saturated heterocycles. The monoisotopic (exact) mass is 274 g/mol. The molecule has 1 fully saturated rings. The zero-order valence-corrected chi connectivity index (χ0v) is 12.6. The Morgan fingerprint density at radius 1 is 1.25 bits per heavy atom. The van der Waals surface area contributed by atoms with Crippen molar-refractivity contribution in [3.63, 3.8) is 0 Å². The van der Waals surface area contributed by atoms with Crippen molar-refractivity contribution in [1.29, 1.82) is 0 Å². The Morgan fingerprint density at radius 2 is 1.90 bits per heavy atom. The van der Waals surface area contributed by atoms with Crippen LogP contribution in [0.5, 0.6) is 0 Å². The molecule has 0 spiro atoms. The molecule has 1 aliphatic rings. The highest BCUT2D eigenvalue weighted by Gasteiger charge is 2.47. The van der Waals surface area contributed by atoms with Gasteiger partial charge in [0.05, 0.1) is 0 Å². The van der Waals surface area contributed by atoms with Crippen molar-refractivity contribution in [3.05, 3.63) is 29.8 Å². The first-order valence-corrected chi connectivity index (χ1v) is 7.16. The van der Waals surface area contributed by atoms with E-state index in [1.807, 2.05) is 45.0 Å². The summed E-state index contributed by atoms with van der Waals surface area (Å²) in [7, 11) is 0. The molecule has 108 valence electrons. The largest absolute Gasteiger partial charge is 0.340 e. The Bertz CT molecular complexity index is 541. The summed E-state index contributed by atoms with van der Waals surface area (Å²) in [6.07, 6.45) is 1.18. The van der Waals surface area contributed by atoms with E-state index in [0.29, 0.717) is 12.8 Å². The standard InChI is InChI=1S/C16H22N2O2/c1-5-12-14(19)17-16(4,6-2)15(20)18(12)13-10-8-7-9-11(13)3/h7-10,12H,5-6H2,1-4H3,(H,17,19). The van der Waals surface area contributed by atoms with Crippen LogP contribution in [0, 0.1) is 6.92 Å². The van der Waals surface area contributed by atoms with Gasteiger partial charge in [-0.3, -0.25) is 14.5 Å². The third-order valence-electron chi connectivity index (χ3n) is 4.17. The molecule has 0 saturated carbocycles. The zero-order chi connectivity index (χ0) is 14.9. The summed E-state index contributed by atoms with van der Waals surface area (Å²) in [6, 6.07) is 7.28. The van der Waals surface area contributed by atoms with E-state index in [4.69, 9.17) is 0 Å². The third-order valence-corrected chi connectivity index (χ3v) is 4.17. The molecule has 0 aliphatic carbocycles. The molecule has 0 radical (unpaired) electrons. The number of anilines is 1. The Hall–Kier alpha value is -1.84. The average molecular weight is 274 g/mol. The lowest BCUT2D eigenvalue weighted by Crippen LogP contribution is -2.69. The molecule has 2 rings (SSSR count). The number of benzene rings is 1. The van der Waals surface area contributed by atoms with Gasteiger partial charge in [-0.25, -0.2) is 0 Å². The number of nitrogens with one attached hydrogen (secondary N) is 1. The molecule has 1 aromatic rings. The van der Waals surface area contributed by atoms with Gasteiger partial charge in [-0.2, -0.15) is 0 Å². The van der Waals surface area contributed by atoms with E-state index in [9.17, 15) is 9.59 Å². The second-order valence-electron chi connectivity index (χ2n) is 5.56. The van der Waals surface area contributed by atoms with E-state index >= 15 is 0 Å². The molecule has 0 aromatic heterocycles. The van der Waals surface area contributed by atoms with Crippen LogP contribution >= 0.6 is 0 Å². The van der Waals surface area contributed by atoms with Gasteiger partial charge in [0.1, 0.15) is 11.6 Å². The van der Waals surface area contributed by atoms with E-state index in [1.54, 1.807) is 11.8 Å². The van der Waals surface area contributed by atoms with Gasteiger partial charge >= 0.3 is 0 Å². The normalized spacial score (nSPS) is 26.6. The van der Waals surface area contributed by atoms with E-state index in [1.165, 1.54) is 0 Å². The minimum absolute atomic E-state index is 0.0271. The Morgan fingerprint density at radius 3 is 2.45 bits per heavy atom. The number of carbonyl (C=O) groups excluding carboxylic acids is 2. The summed E-state index contributed by atoms with van der Waals surface area (Å²) in [5.41, 5.74) is 1.02. The zero-order valence-electron chi connectivity index (χ0n) is 12.6. The summed E-state index contributed by atoms with van der Waals surface area (Å²) in [6.45, 7) is 7.60. The van der Waals surface area contributed by atoms with Crippen LogP contribution in [0.3, 0.4) is 0 Å². The molecular formula is C16H22N2O2. The number of para-hydroxylation sites is 1. The molecule has 1 aliphatic heterocycles. The third kappa shape index (κ3) is 2.19. The lowest BCUT2D eigenvalue weighted by Gasteiger charge is -2.44. The predicted molar refractivity (Wildman–Crippen MR) is 79.6 cm³/mol. The number of aryl methyl sites for hydroxylation is 1. The average Bonchev–Trinajstić information content (AvgIpc) is 2.43. The number of carbonyl (C=O) groups is 2. The molecule has 20 heavy (non-hydrogen) atoms. The molecule has 1 heterocycles. The van der Waals surface area contributed by atoms with Gasteiger partial charge in [0, 0.05) is 5.69 Å². The predicted octanol–water partition coefficient (Wildman–Crippen LogP) is 2.41. The van der Waals surface area contributed by atoms with Crippen molar-refractivity contribution in [1.82, 2.24) is 5.32 Å². The number of hydrogen-bond donors (Lipinski definition) is 1. The highest BCUT2D eigenvalue weighted by atomic mass is 16.2. The molecule has 1 aromatic carbocycles. The van der Waals surface area contributed by atoms with E-state index in [2.05, 4.69) is 5.32 Å². The van der Waals surface area contributed by atoms with Crippen molar-refractivity contribution < 1.29 is 9.59 Å². The van der Waals surface area contributed by atoms with Gasteiger partial charge in [-0.15, -0.1) is 0 Å². The maximum Gasteiger partial charge on any atom is 0.253 e. The first-order valence-electron chi connectivity index (χ1n) is 7.16. The van der Waals surface area contributed by atoms with Crippen LogP contribution in [-0.2, 0) is 9.59 Å². The van der Waals surface area contributed by atoms with Crippen molar-refractivity contribution in [2.75, 3.05) is 4.90 Å². The SMILES string of the molecule is CCC1C(=O)NC(C)(CC)C(=O)N1c1ccccc1C. The van der Waals surface area contributed by atoms with Gasteiger partial charge in [-0.1, -0.05) is 32.0 Å². The Kier molecular flexibility index (Phi) is 3.84.